The highest BCUT2D eigenvalue weighted by Crippen LogP contribution is 2.36. The van der Waals surface area contributed by atoms with Crippen molar-refractivity contribution in [3.05, 3.63) is 82.9 Å². The molecule has 0 fully saturated rings. The molecule has 0 aromatic heterocycles. The standard InChI is InChI=1S/C21H22O2/c22-21(23)19-14-8-7-13-18(19)15-20(16-9-3-1-4-10-16)17-11-5-2-6-12-17/h1-6,9-12,20H,7-8,13-15H2,(H,22,23). The maximum atomic E-state index is 11.6. The van der Waals surface area contributed by atoms with E-state index >= 15 is 0 Å². The van der Waals surface area contributed by atoms with Gasteiger partial charge in [-0.3, -0.25) is 0 Å². The molecule has 2 heteroatoms. The number of benzene rings is 2. The van der Waals surface area contributed by atoms with Gasteiger partial charge in [-0.05, 0) is 43.2 Å². The van der Waals surface area contributed by atoms with E-state index < -0.39 is 5.97 Å². The Morgan fingerprint density at radius 2 is 1.39 bits per heavy atom. The molecular weight excluding hydrogens is 284 g/mol. The zero-order chi connectivity index (χ0) is 16.1. The Morgan fingerprint density at radius 3 is 1.91 bits per heavy atom. The zero-order valence-corrected chi connectivity index (χ0v) is 13.2. The number of hydrogen-bond donors (Lipinski definition) is 1. The summed E-state index contributed by atoms with van der Waals surface area (Å²) in [7, 11) is 0. The molecule has 2 aromatic carbocycles. The Balaban J connectivity index is 1.98. The quantitative estimate of drug-likeness (QED) is 0.828. The van der Waals surface area contributed by atoms with Crippen molar-refractivity contribution in [1.29, 1.82) is 0 Å². The highest BCUT2D eigenvalue weighted by atomic mass is 16.4. The van der Waals surface area contributed by atoms with Crippen molar-refractivity contribution in [2.24, 2.45) is 0 Å². The van der Waals surface area contributed by atoms with Gasteiger partial charge in [-0.2, -0.15) is 0 Å². The van der Waals surface area contributed by atoms with Crippen LogP contribution in [0.1, 0.15) is 49.1 Å². The van der Waals surface area contributed by atoms with Gasteiger partial charge in [-0.25, -0.2) is 4.79 Å². The third kappa shape index (κ3) is 3.70. The van der Waals surface area contributed by atoms with Crippen LogP contribution in [0, 0.1) is 0 Å². The summed E-state index contributed by atoms with van der Waals surface area (Å²) >= 11 is 0. The van der Waals surface area contributed by atoms with Crippen LogP contribution < -0.4 is 0 Å². The molecule has 2 nitrogen and oxygen atoms in total. The topological polar surface area (TPSA) is 37.3 Å². The first kappa shape index (κ1) is 15.5. The van der Waals surface area contributed by atoms with Crippen molar-refractivity contribution in [3.63, 3.8) is 0 Å². The van der Waals surface area contributed by atoms with Gasteiger partial charge in [-0.1, -0.05) is 66.2 Å². The van der Waals surface area contributed by atoms with Gasteiger partial charge in [0.25, 0.3) is 0 Å². The van der Waals surface area contributed by atoms with E-state index in [-0.39, 0.29) is 5.92 Å². The predicted molar refractivity (Wildman–Crippen MR) is 92.5 cm³/mol. The average Bonchev–Trinajstić information content (AvgIpc) is 2.61. The van der Waals surface area contributed by atoms with Crippen molar-refractivity contribution in [1.82, 2.24) is 0 Å². The van der Waals surface area contributed by atoms with Crippen LogP contribution in [-0.4, -0.2) is 11.1 Å². The second-order valence-corrected chi connectivity index (χ2v) is 6.17. The SMILES string of the molecule is O=C(O)C1=C(CC(c2ccccc2)c2ccccc2)CCCC1. The summed E-state index contributed by atoms with van der Waals surface area (Å²) in [5, 5.41) is 9.50. The van der Waals surface area contributed by atoms with Gasteiger partial charge in [0, 0.05) is 11.5 Å². The van der Waals surface area contributed by atoms with E-state index in [1.165, 1.54) is 11.1 Å². The molecule has 0 saturated heterocycles. The Hall–Kier alpha value is -2.35. The minimum Gasteiger partial charge on any atom is -0.478 e. The molecule has 0 bridgehead atoms. The number of carbonyl (C=O) groups is 1. The third-order valence-electron chi connectivity index (χ3n) is 4.69. The summed E-state index contributed by atoms with van der Waals surface area (Å²) in [4.78, 5) is 11.6. The van der Waals surface area contributed by atoms with Crippen molar-refractivity contribution < 1.29 is 9.90 Å². The van der Waals surface area contributed by atoms with Crippen LogP contribution in [0.5, 0.6) is 0 Å². The van der Waals surface area contributed by atoms with E-state index in [4.69, 9.17) is 0 Å². The maximum absolute atomic E-state index is 11.6. The van der Waals surface area contributed by atoms with E-state index in [9.17, 15) is 9.90 Å². The van der Waals surface area contributed by atoms with Crippen LogP contribution >= 0.6 is 0 Å². The number of carboxylic acid groups (broad SMARTS) is 1. The smallest absolute Gasteiger partial charge is 0.331 e. The second-order valence-electron chi connectivity index (χ2n) is 6.17. The normalized spacial score (nSPS) is 15.0. The van der Waals surface area contributed by atoms with Crippen LogP contribution in [0.2, 0.25) is 0 Å². The van der Waals surface area contributed by atoms with E-state index in [0.29, 0.717) is 12.0 Å². The molecule has 0 unspecified atom stereocenters. The lowest BCUT2D eigenvalue weighted by Gasteiger charge is -2.24. The molecule has 23 heavy (non-hydrogen) atoms. The Labute approximate surface area is 137 Å². The van der Waals surface area contributed by atoms with Crippen LogP contribution in [0.3, 0.4) is 0 Å². The summed E-state index contributed by atoms with van der Waals surface area (Å²) < 4.78 is 0. The lowest BCUT2D eigenvalue weighted by molar-refractivity contribution is -0.133. The van der Waals surface area contributed by atoms with Crippen molar-refractivity contribution in [2.45, 2.75) is 38.0 Å². The zero-order valence-electron chi connectivity index (χ0n) is 13.2. The summed E-state index contributed by atoms with van der Waals surface area (Å²) in [6.45, 7) is 0. The lowest BCUT2D eigenvalue weighted by Crippen LogP contribution is -2.12. The number of aliphatic carboxylic acids is 1. The molecule has 0 radical (unpaired) electrons. The molecule has 2 aromatic rings. The minimum atomic E-state index is -0.737. The Kier molecular flexibility index (Phi) is 4.92. The highest BCUT2D eigenvalue weighted by Gasteiger charge is 2.23. The van der Waals surface area contributed by atoms with Gasteiger partial charge >= 0.3 is 5.97 Å². The molecular formula is C21H22O2. The minimum absolute atomic E-state index is 0.222. The molecule has 0 aliphatic heterocycles. The van der Waals surface area contributed by atoms with Gasteiger partial charge in [0.1, 0.15) is 0 Å². The molecule has 1 aliphatic rings. The highest BCUT2D eigenvalue weighted by molar-refractivity contribution is 5.87. The average molecular weight is 306 g/mol. The number of hydrogen-bond acceptors (Lipinski definition) is 1. The maximum Gasteiger partial charge on any atom is 0.331 e. The van der Waals surface area contributed by atoms with Crippen LogP contribution in [0.4, 0.5) is 0 Å². The number of carboxylic acids is 1. The van der Waals surface area contributed by atoms with Crippen molar-refractivity contribution in [3.8, 4) is 0 Å². The predicted octanol–water partition coefficient (Wildman–Crippen LogP) is 5.16. The molecule has 0 spiro atoms. The van der Waals surface area contributed by atoms with Gasteiger partial charge in [0.05, 0.1) is 0 Å². The molecule has 1 N–H and O–H groups in total. The van der Waals surface area contributed by atoms with Gasteiger partial charge in [0.2, 0.25) is 0 Å². The lowest BCUT2D eigenvalue weighted by atomic mass is 9.80. The number of allylic oxidation sites excluding steroid dienone is 1. The Bertz CT molecular complexity index is 647. The van der Waals surface area contributed by atoms with Gasteiger partial charge in [-0.15, -0.1) is 0 Å². The molecule has 118 valence electrons. The monoisotopic (exact) mass is 306 g/mol. The van der Waals surface area contributed by atoms with Crippen LogP contribution in [-0.2, 0) is 4.79 Å². The summed E-state index contributed by atoms with van der Waals surface area (Å²) in [6, 6.07) is 20.8. The van der Waals surface area contributed by atoms with E-state index in [0.717, 1.165) is 31.3 Å². The van der Waals surface area contributed by atoms with Gasteiger partial charge in [0.15, 0.2) is 0 Å². The van der Waals surface area contributed by atoms with Crippen LogP contribution in [0.25, 0.3) is 0 Å². The van der Waals surface area contributed by atoms with Crippen LogP contribution in [0.15, 0.2) is 71.8 Å². The molecule has 0 saturated carbocycles. The summed E-state index contributed by atoms with van der Waals surface area (Å²) in [5.74, 6) is -0.514. The fourth-order valence-corrected chi connectivity index (χ4v) is 3.50. The third-order valence-corrected chi connectivity index (χ3v) is 4.69. The second kappa shape index (κ2) is 7.28. The molecule has 0 atom stereocenters. The molecule has 3 rings (SSSR count). The first-order chi connectivity index (χ1) is 11.3. The van der Waals surface area contributed by atoms with E-state index in [2.05, 4.69) is 48.5 Å². The molecule has 0 amide bonds. The van der Waals surface area contributed by atoms with E-state index in [1.807, 2.05) is 12.1 Å². The first-order valence-corrected chi connectivity index (χ1v) is 8.30. The largest absolute Gasteiger partial charge is 0.478 e. The fourth-order valence-electron chi connectivity index (χ4n) is 3.50. The summed E-state index contributed by atoms with van der Waals surface area (Å²) in [6.07, 6.45) is 4.52. The van der Waals surface area contributed by atoms with Crippen molar-refractivity contribution >= 4 is 5.97 Å². The number of rotatable bonds is 5. The summed E-state index contributed by atoms with van der Waals surface area (Å²) in [5.41, 5.74) is 4.28. The van der Waals surface area contributed by atoms with Gasteiger partial charge < -0.3 is 5.11 Å². The molecule has 0 heterocycles. The fraction of sp³-hybridized carbons (Fsp3) is 0.286. The molecule has 1 aliphatic carbocycles. The van der Waals surface area contributed by atoms with Crippen molar-refractivity contribution in [2.75, 3.05) is 0 Å². The Morgan fingerprint density at radius 1 is 0.870 bits per heavy atom. The first-order valence-electron chi connectivity index (χ1n) is 8.30. The van der Waals surface area contributed by atoms with E-state index in [1.54, 1.807) is 0 Å².